The van der Waals surface area contributed by atoms with Crippen LogP contribution in [0.3, 0.4) is 0 Å². The van der Waals surface area contributed by atoms with Crippen LogP contribution in [0.25, 0.3) is 0 Å². The van der Waals surface area contributed by atoms with Gasteiger partial charge in [0.25, 0.3) is 0 Å². The second-order valence-corrected chi connectivity index (χ2v) is 6.31. The number of halogens is 4. The fourth-order valence-corrected chi connectivity index (χ4v) is 2.88. The molecule has 0 bridgehead atoms. The summed E-state index contributed by atoms with van der Waals surface area (Å²) in [5, 5.41) is 3.10. The van der Waals surface area contributed by atoms with Gasteiger partial charge in [-0.2, -0.15) is 8.42 Å². The molecule has 5 nitrogen and oxygen atoms in total. The van der Waals surface area contributed by atoms with E-state index in [4.69, 9.17) is 0 Å². The second kappa shape index (κ2) is 6.56. The Labute approximate surface area is 132 Å². The zero-order valence-electron chi connectivity index (χ0n) is 12.4. The molecule has 0 saturated carbocycles. The Kier molecular flexibility index (Phi) is 5.09. The maximum Gasteiger partial charge on any atom is 0.488 e. The number of benzene rings is 1. The molecule has 1 aliphatic heterocycles. The van der Waals surface area contributed by atoms with Crippen molar-refractivity contribution in [2.75, 3.05) is 31.1 Å². The van der Waals surface area contributed by atoms with Crippen molar-refractivity contribution in [2.45, 2.75) is 13.2 Å². The van der Waals surface area contributed by atoms with Gasteiger partial charge in [-0.15, -0.1) is 0 Å². The van der Waals surface area contributed by atoms with E-state index in [1.54, 1.807) is 4.90 Å². The minimum absolute atomic E-state index is 0.0377. The molecule has 0 atom stereocenters. The predicted octanol–water partition coefficient (Wildman–Crippen LogP) is 1.93. The highest BCUT2D eigenvalue weighted by atomic mass is 32.3. The number of rotatable bonds is 5. The molecule has 1 aromatic carbocycles. The zero-order chi connectivity index (χ0) is 17.3. The topological polar surface area (TPSA) is 58.6 Å². The Hall–Kier alpha value is -1.49. The van der Waals surface area contributed by atoms with Gasteiger partial charge >= 0.3 is 17.5 Å². The van der Waals surface area contributed by atoms with Crippen molar-refractivity contribution in [3.63, 3.8) is 0 Å². The van der Waals surface area contributed by atoms with Crippen LogP contribution in [0.1, 0.15) is 11.1 Å². The average molecular weight is 355 g/mol. The van der Waals surface area contributed by atoms with Gasteiger partial charge in [0.2, 0.25) is 0 Å². The summed E-state index contributed by atoms with van der Waals surface area (Å²) in [7, 11) is -5.31. The summed E-state index contributed by atoms with van der Waals surface area (Å²) in [5.74, 6) is -0.418. The largest absolute Gasteiger partial charge is 0.488 e. The van der Waals surface area contributed by atoms with Crippen LogP contribution < -0.4 is 14.4 Å². The molecule has 130 valence electrons. The molecule has 1 saturated heterocycles. The number of nitrogens with zero attached hydrogens (tertiary/aromatic N) is 1. The molecule has 0 amide bonds. The van der Waals surface area contributed by atoms with Gasteiger partial charge in [0.1, 0.15) is 5.75 Å². The lowest BCUT2D eigenvalue weighted by Gasteiger charge is -2.31. The first-order chi connectivity index (χ1) is 10.6. The van der Waals surface area contributed by atoms with E-state index in [9.17, 15) is 25.3 Å². The van der Waals surface area contributed by atoms with Crippen LogP contribution in [0.4, 0.5) is 22.5 Å². The van der Waals surface area contributed by atoms with Crippen LogP contribution in [0, 0.1) is 6.92 Å². The van der Waals surface area contributed by atoms with E-state index in [0.29, 0.717) is 31.9 Å². The fraction of sp³-hybridized carbons (Fsp3) is 0.500. The molecule has 23 heavy (non-hydrogen) atoms. The molecular formula is C12H16BF4N2O3S-. The summed E-state index contributed by atoms with van der Waals surface area (Å²) in [6.07, 6.45) is -1.19. The van der Waals surface area contributed by atoms with Crippen molar-refractivity contribution in [3.8, 4) is 5.75 Å². The Morgan fingerprint density at radius 2 is 1.87 bits per heavy atom. The predicted molar refractivity (Wildman–Crippen MR) is 79.7 cm³/mol. The van der Waals surface area contributed by atoms with Gasteiger partial charge in [-0.25, -0.2) is 0 Å². The Morgan fingerprint density at radius 3 is 2.39 bits per heavy atom. The lowest BCUT2D eigenvalue weighted by atomic mass is 9.80. The highest BCUT2D eigenvalue weighted by molar-refractivity contribution is 7.81. The third-order valence-corrected chi connectivity index (χ3v) is 3.95. The third-order valence-electron chi connectivity index (χ3n) is 3.58. The van der Waals surface area contributed by atoms with E-state index in [1.807, 2.05) is 0 Å². The molecule has 1 heterocycles. The van der Waals surface area contributed by atoms with Gasteiger partial charge in [-0.1, -0.05) is 15.8 Å². The third kappa shape index (κ3) is 5.27. The van der Waals surface area contributed by atoms with Crippen molar-refractivity contribution in [1.29, 1.82) is 0 Å². The number of piperazine rings is 1. The standard InChI is InChI=1S/C12H16BF4N2O3S/c1-9-10(8-13(14,15)16)6-11(19-4-2-18-3-5-19)7-12(9)22-23(17,20)21/h6-7,18H,2-5,8H2,1H3/q-1. The summed E-state index contributed by atoms with van der Waals surface area (Å²) in [4.78, 5) is 1.79. The van der Waals surface area contributed by atoms with Gasteiger partial charge < -0.3 is 27.3 Å². The quantitative estimate of drug-likeness (QED) is 0.497. The van der Waals surface area contributed by atoms with Gasteiger partial charge in [-0.05, 0) is 18.6 Å². The van der Waals surface area contributed by atoms with E-state index >= 15 is 0 Å². The molecule has 2 rings (SSSR count). The number of anilines is 1. The van der Waals surface area contributed by atoms with Crippen LogP contribution in [-0.2, 0) is 16.8 Å². The SMILES string of the molecule is Cc1c(C[B-](F)(F)F)cc(N2CCNCC2)cc1OS(=O)(=O)F. The van der Waals surface area contributed by atoms with E-state index in [1.165, 1.54) is 19.1 Å². The first-order valence-corrected chi connectivity index (χ1v) is 8.30. The first-order valence-electron chi connectivity index (χ1n) is 6.99. The van der Waals surface area contributed by atoms with Crippen molar-refractivity contribution in [2.24, 2.45) is 0 Å². The Balaban J connectivity index is 2.45. The maximum absolute atomic E-state index is 12.8. The van der Waals surface area contributed by atoms with Crippen LogP contribution in [-0.4, -0.2) is 41.6 Å². The summed E-state index contributed by atoms with van der Waals surface area (Å²) in [5.41, 5.74) is 0.224. The van der Waals surface area contributed by atoms with Crippen molar-refractivity contribution in [1.82, 2.24) is 5.32 Å². The summed E-state index contributed by atoms with van der Waals surface area (Å²) < 4.78 is 76.8. The summed E-state index contributed by atoms with van der Waals surface area (Å²) in [6.45, 7) is -1.47. The first kappa shape index (κ1) is 17.9. The zero-order valence-corrected chi connectivity index (χ0v) is 13.2. The van der Waals surface area contributed by atoms with Crippen molar-refractivity contribution < 1.29 is 29.4 Å². The van der Waals surface area contributed by atoms with E-state index < -0.39 is 29.6 Å². The summed E-state index contributed by atoms with van der Waals surface area (Å²) >= 11 is 0. The fourth-order valence-electron chi connectivity index (χ4n) is 2.49. The van der Waals surface area contributed by atoms with E-state index in [2.05, 4.69) is 9.50 Å². The van der Waals surface area contributed by atoms with Gasteiger partial charge in [-0.3, -0.25) is 0 Å². The van der Waals surface area contributed by atoms with Crippen molar-refractivity contribution >= 4 is 23.2 Å². The highest BCUT2D eigenvalue weighted by Crippen LogP contribution is 2.33. The molecule has 0 radical (unpaired) electrons. The van der Waals surface area contributed by atoms with Crippen LogP contribution in [0.15, 0.2) is 12.1 Å². The molecule has 1 aromatic rings. The normalized spacial score (nSPS) is 16.5. The maximum atomic E-state index is 12.8. The number of hydrogen-bond donors (Lipinski definition) is 1. The molecular weight excluding hydrogens is 339 g/mol. The van der Waals surface area contributed by atoms with E-state index in [0.717, 1.165) is 0 Å². The second-order valence-electron chi connectivity index (χ2n) is 5.36. The Morgan fingerprint density at radius 1 is 1.26 bits per heavy atom. The van der Waals surface area contributed by atoms with Crippen LogP contribution in [0.5, 0.6) is 5.75 Å². The molecule has 1 N–H and O–H groups in total. The highest BCUT2D eigenvalue weighted by Gasteiger charge is 2.27. The lowest BCUT2D eigenvalue weighted by Crippen LogP contribution is -2.43. The van der Waals surface area contributed by atoms with Crippen LogP contribution in [0.2, 0.25) is 0 Å². The molecule has 0 aliphatic carbocycles. The van der Waals surface area contributed by atoms with Gasteiger partial charge in [0.05, 0.1) is 0 Å². The number of nitrogens with one attached hydrogen (secondary N) is 1. The van der Waals surface area contributed by atoms with Gasteiger partial charge in [0, 0.05) is 37.9 Å². The van der Waals surface area contributed by atoms with Crippen molar-refractivity contribution in [3.05, 3.63) is 23.3 Å². The molecule has 0 spiro atoms. The summed E-state index contributed by atoms with van der Waals surface area (Å²) in [6, 6.07) is 2.61. The smallest absolute Gasteiger partial charge is 0.449 e. The molecule has 1 aliphatic rings. The van der Waals surface area contributed by atoms with E-state index in [-0.39, 0.29) is 11.1 Å². The Bertz CT molecular complexity index is 676. The molecule has 0 unspecified atom stereocenters. The monoisotopic (exact) mass is 355 g/mol. The number of hydrogen-bond acceptors (Lipinski definition) is 5. The molecule has 0 aromatic heterocycles. The molecule has 1 fully saturated rings. The minimum Gasteiger partial charge on any atom is -0.449 e. The minimum atomic E-state index is -5.31. The average Bonchev–Trinajstić information content (AvgIpc) is 2.41. The molecule has 11 heteroatoms. The van der Waals surface area contributed by atoms with Crippen LogP contribution >= 0.6 is 0 Å². The lowest BCUT2D eigenvalue weighted by molar-refractivity contribution is 0.438. The van der Waals surface area contributed by atoms with Gasteiger partial charge in [0.15, 0.2) is 0 Å².